The Morgan fingerprint density at radius 1 is 1.03 bits per heavy atom. The number of anilines is 1. The van der Waals surface area contributed by atoms with E-state index in [0.29, 0.717) is 35.8 Å². The van der Waals surface area contributed by atoms with Crippen LogP contribution in [-0.2, 0) is 16.2 Å². The number of ether oxygens (including phenoxy) is 2. The first-order valence-corrected chi connectivity index (χ1v) is 10.4. The highest BCUT2D eigenvalue weighted by Gasteiger charge is 2.32. The van der Waals surface area contributed by atoms with Crippen LogP contribution < -0.4 is 14.2 Å². The molecule has 3 aromatic rings. The predicted molar refractivity (Wildman–Crippen MR) is 99.9 cm³/mol. The Hall–Kier alpha value is -3.00. The van der Waals surface area contributed by atoms with E-state index in [1.165, 1.54) is 6.92 Å². The fraction of sp³-hybridized carbons (Fsp3) is 0.176. The lowest BCUT2D eigenvalue weighted by molar-refractivity contribution is -0.137. The quantitative estimate of drug-likeness (QED) is 0.512. The topological polar surface area (TPSA) is 90.4 Å². The Morgan fingerprint density at radius 2 is 1.71 bits per heavy atom. The molecule has 1 N–H and O–H groups in total. The van der Waals surface area contributed by atoms with Crippen LogP contribution in [0.2, 0.25) is 0 Å². The average molecular weight is 481 g/mol. The zero-order valence-electron chi connectivity index (χ0n) is 15.6. The Morgan fingerprint density at radius 3 is 2.29 bits per heavy atom. The first-order chi connectivity index (χ1) is 14.4. The van der Waals surface area contributed by atoms with Gasteiger partial charge in [-0.15, -0.1) is 0 Å². The van der Waals surface area contributed by atoms with Crippen molar-refractivity contribution in [3.63, 3.8) is 0 Å². The molecule has 0 fully saturated rings. The smallest absolute Gasteiger partial charge is 0.416 e. The number of nitrogens with zero attached hydrogens (tertiary/aromatic N) is 2. The second-order valence-corrected chi connectivity index (χ2v) is 8.37. The number of hydrogen-bond donors (Lipinski definition) is 1. The van der Waals surface area contributed by atoms with Crippen molar-refractivity contribution >= 4 is 26.7 Å². The maximum absolute atomic E-state index is 14.4. The molecular weight excluding hydrogens is 469 g/mol. The molecule has 14 heteroatoms. The minimum atomic E-state index is -4.75. The molecule has 0 atom stereocenters. The van der Waals surface area contributed by atoms with Gasteiger partial charge in [0.25, 0.3) is 10.0 Å². The Bertz CT molecular complexity index is 1230. The van der Waals surface area contributed by atoms with E-state index in [1.807, 2.05) is 4.72 Å². The molecule has 7 nitrogen and oxygen atoms in total. The van der Waals surface area contributed by atoms with Gasteiger partial charge in [-0.3, -0.25) is 4.72 Å². The summed E-state index contributed by atoms with van der Waals surface area (Å²) in [6.45, 7) is 1.50. The molecule has 2 aromatic carbocycles. The van der Waals surface area contributed by atoms with Crippen LogP contribution in [0.3, 0.4) is 0 Å². The molecule has 3 rings (SSSR count). The summed E-state index contributed by atoms with van der Waals surface area (Å²) < 4.78 is 108. The molecule has 0 unspecified atom stereocenters. The molecule has 0 aliphatic heterocycles. The summed E-state index contributed by atoms with van der Waals surface area (Å²) in [5, 5.41) is -0.159. The van der Waals surface area contributed by atoms with Crippen LogP contribution in [-0.4, -0.2) is 24.9 Å². The number of methoxy groups -OCH3 is 1. The van der Waals surface area contributed by atoms with E-state index < -0.39 is 49.8 Å². The number of aryl methyl sites for hydroxylation is 1. The van der Waals surface area contributed by atoms with Crippen molar-refractivity contribution in [1.82, 2.24) is 9.36 Å². The Labute approximate surface area is 176 Å². The van der Waals surface area contributed by atoms with Gasteiger partial charge in [0.2, 0.25) is 5.13 Å². The summed E-state index contributed by atoms with van der Waals surface area (Å²) in [5.41, 5.74) is -1.14. The number of sulfonamides is 1. The number of benzene rings is 2. The molecule has 0 bridgehead atoms. The zero-order valence-corrected chi connectivity index (χ0v) is 17.3. The molecule has 0 saturated heterocycles. The van der Waals surface area contributed by atoms with Crippen LogP contribution in [0.5, 0.6) is 17.2 Å². The summed E-state index contributed by atoms with van der Waals surface area (Å²) in [6, 6.07) is 3.02. The Kier molecular flexibility index (Phi) is 6.04. The highest BCUT2D eigenvalue weighted by molar-refractivity contribution is 7.93. The molecule has 0 aliphatic rings. The maximum Gasteiger partial charge on any atom is 0.416 e. The molecule has 31 heavy (non-hydrogen) atoms. The van der Waals surface area contributed by atoms with Crippen LogP contribution in [0.4, 0.5) is 27.1 Å². The fourth-order valence-corrected chi connectivity index (χ4v) is 4.21. The van der Waals surface area contributed by atoms with Crippen LogP contribution in [0.25, 0.3) is 0 Å². The predicted octanol–water partition coefficient (Wildman–Crippen LogP) is 4.75. The summed E-state index contributed by atoms with van der Waals surface area (Å²) in [7, 11) is -3.44. The van der Waals surface area contributed by atoms with E-state index in [-0.39, 0.29) is 16.7 Å². The first-order valence-electron chi connectivity index (χ1n) is 8.15. The third-order valence-electron chi connectivity index (χ3n) is 3.70. The lowest BCUT2D eigenvalue weighted by Gasteiger charge is -2.14. The average Bonchev–Trinajstić information content (AvgIpc) is 3.07. The molecule has 166 valence electrons. The largest absolute Gasteiger partial charge is 0.497 e. The highest BCUT2D eigenvalue weighted by Crippen LogP contribution is 2.37. The van der Waals surface area contributed by atoms with E-state index in [4.69, 9.17) is 9.47 Å². The minimum Gasteiger partial charge on any atom is -0.497 e. The van der Waals surface area contributed by atoms with Crippen LogP contribution in [0.15, 0.2) is 35.2 Å². The molecular formula is C17H12F5N3O4S2. The number of alkyl halides is 3. The van der Waals surface area contributed by atoms with Gasteiger partial charge in [-0.05, 0) is 19.1 Å². The van der Waals surface area contributed by atoms with Gasteiger partial charge in [0, 0.05) is 29.7 Å². The minimum absolute atomic E-state index is 0.159. The maximum atomic E-state index is 14.4. The van der Waals surface area contributed by atoms with Gasteiger partial charge < -0.3 is 9.47 Å². The summed E-state index contributed by atoms with van der Waals surface area (Å²) in [6.07, 6.45) is -4.75. The number of halogens is 5. The zero-order chi connectivity index (χ0) is 23.0. The highest BCUT2D eigenvalue weighted by atomic mass is 32.2. The molecule has 0 radical (unpaired) electrons. The molecule has 1 aromatic heterocycles. The number of hydrogen-bond acceptors (Lipinski definition) is 7. The Balaban J connectivity index is 1.94. The molecule has 1 heterocycles. The van der Waals surface area contributed by atoms with Gasteiger partial charge in [-0.1, -0.05) is 0 Å². The summed E-state index contributed by atoms with van der Waals surface area (Å²) in [4.78, 5) is 2.71. The van der Waals surface area contributed by atoms with E-state index in [1.54, 1.807) is 0 Å². The van der Waals surface area contributed by atoms with Gasteiger partial charge in [-0.25, -0.2) is 22.2 Å². The molecule has 0 saturated carbocycles. The van der Waals surface area contributed by atoms with Crippen LogP contribution in [0.1, 0.15) is 11.4 Å². The number of nitrogens with one attached hydrogen (secondary N) is 1. The standard InChI is InChI=1S/C17H12F5N3O4S2/c1-8-23-16(30-24-8)25-31(26,27)15-7-12(18)14(6-13(15)19)29-11-4-9(17(20,21)22)3-10(5-11)28-2/h3-7H,1-2H3,(H,23,24,25). The van der Waals surface area contributed by atoms with Crippen molar-refractivity contribution in [1.29, 1.82) is 0 Å². The van der Waals surface area contributed by atoms with Crippen molar-refractivity contribution in [2.24, 2.45) is 0 Å². The van der Waals surface area contributed by atoms with Crippen molar-refractivity contribution in [2.45, 2.75) is 18.0 Å². The fourth-order valence-electron chi connectivity index (χ4n) is 2.34. The second-order valence-electron chi connectivity index (χ2n) is 5.96. The molecule has 0 amide bonds. The third kappa shape index (κ3) is 5.19. The molecule has 0 aliphatic carbocycles. The second kappa shape index (κ2) is 8.26. The van der Waals surface area contributed by atoms with Gasteiger partial charge in [0.1, 0.15) is 28.0 Å². The van der Waals surface area contributed by atoms with Gasteiger partial charge >= 0.3 is 6.18 Å². The van der Waals surface area contributed by atoms with Crippen molar-refractivity contribution < 1.29 is 39.8 Å². The van der Waals surface area contributed by atoms with E-state index in [0.717, 1.165) is 13.2 Å². The van der Waals surface area contributed by atoms with Gasteiger partial charge in [0.05, 0.1) is 12.7 Å². The lowest BCUT2D eigenvalue weighted by atomic mass is 10.2. The molecule has 0 spiro atoms. The SMILES string of the molecule is COc1cc(Oc2cc(F)c(S(=O)(=O)Nc3nc(C)ns3)cc2F)cc(C(F)(F)F)c1. The lowest BCUT2D eigenvalue weighted by Crippen LogP contribution is -2.15. The number of rotatable bonds is 6. The normalized spacial score (nSPS) is 12.0. The van der Waals surface area contributed by atoms with Crippen molar-refractivity contribution in [2.75, 3.05) is 11.8 Å². The summed E-state index contributed by atoms with van der Waals surface area (Å²) in [5.74, 6) is -4.01. The summed E-state index contributed by atoms with van der Waals surface area (Å²) >= 11 is 0.697. The van der Waals surface area contributed by atoms with Crippen LogP contribution in [0, 0.1) is 18.6 Å². The number of aromatic nitrogens is 2. The van der Waals surface area contributed by atoms with Crippen molar-refractivity contribution in [3.05, 3.63) is 53.4 Å². The van der Waals surface area contributed by atoms with Crippen molar-refractivity contribution in [3.8, 4) is 17.2 Å². The first kappa shape index (κ1) is 22.7. The third-order valence-corrected chi connectivity index (χ3v) is 5.90. The van der Waals surface area contributed by atoms with Crippen LogP contribution >= 0.6 is 11.5 Å². The van der Waals surface area contributed by atoms with E-state index in [2.05, 4.69) is 9.36 Å². The monoisotopic (exact) mass is 481 g/mol. The van der Waals surface area contributed by atoms with E-state index >= 15 is 0 Å². The van der Waals surface area contributed by atoms with Gasteiger partial charge in [-0.2, -0.15) is 17.5 Å². The van der Waals surface area contributed by atoms with Gasteiger partial charge in [0.15, 0.2) is 11.6 Å². The van der Waals surface area contributed by atoms with E-state index in [9.17, 15) is 30.4 Å².